The molecular formula is C23H20BrNO3. The summed E-state index contributed by atoms with van der Waals surface area (Å²) in [5.41, 5.74) is 2.30. The minimum absolute atomic E-state index is 0.100. The summed E-state index contributed by atoms with van der Waals surface area (Å²) in [5, 5.41) is 9.45. The van der Waals surface area contributed by atoms with Crippen LogP contribution in [0, 0.1) is 5.41 Å². The summed E-state index contributed by atoms with van der Waals surface area (Å²) in [7, 11) is 0. The van der Waals surface area contributed by atoms with Crippen LogP contribution in [0.4, 0.5) is 0 Å². The maximum absolute atomic E-state index is 12.8. The largest absolute Gasteiger partial charge is 0.478 e. The van der Waals surface area contributed by atoms with Crippen LogP contribution in [0.15, 0.2) is 69.6 Å². The van der Waals surface area contributed by atoms with E-state index in [9.17, 15) is 14.7 Å². The first-order valence-corrected chi connectivity index (χ1v) is 9.95. The molecule has 28 heavy (non-hydrogen) atoms. The molecular weight excluding hydrogens is 418 g/mol. The second kappa shape index (κ2) is 6.52. The van der Waals surface area contributed by atoms with Gasteiger partial charge in [-0.15, -0.1) is 0 Å². The number of hydrogen-bond acceptors (Lipinski definition) is 3. The molecule has 0 radical (unpaired) electrons. The summed E-state index contributed by atoms with van der Waals surface area (Å²) >= 11 is 3.46. The fraction of sp³-hybridized carbons (Fsp3) is 0.261. The third-order valence-corrected chi connectivity index (χ3v) is 5.92. The van der Waals surface area contributed by atoms with Crippen molar-refractivity contribution in [2.45, 2.75) is 32.2 Å². The van der Waals surface area contributed by atoms with Crippen LogP contribution in [0.1, 0.15) is 48.2 Å². The SMILES string of the molecule is CC1(C)CC(=O)C2=CC(c3ccc(Br)cc3)(c3cccc(C(=O)O)c3)N=C2C1. The van der Waals surface area contributed by atoms with Gasteiger partial charge in [0.05, 0.1) is 5.56 Å². The van der Waals surface area contributed by atoms with Gasteiger partial charge in [-0.1, -0.05) is 54.0 Å². The van der Waals surface area contributed by atoms with Gasteiger partial charge in [-0.05, 0) is 53.3 Å². The van der Waals surface area contributed by atoms with Crippen molar-refractivity contribution in [1.82, 2.24) is 0 Å². The molecule has 4 rings (SSSR count). The molecule has 0 saturated heterocycles. The maximum Gasteiger partial charge on any atom is 0.335 e. The van der Waals surface area contributed by atoms with Gasteiger partial charge in [0.2, 0.25) is 0 Å². The zero-order valence-electron chi connectivity index (χ0n) is 15.7. The van der Waals surface area contributed by atoms with Crippen molar-refractivity contribution in [3.05, 3.63) is 81.3 Å². The van der Waals surface area contributed by atoms with Gasteiger partial charge in [0.1, 0.15) is 5.54 Å². The molecule has 1 saturated carbocycles. The summed E-state index contributed by atoms with van der Waals surface area (Å²) in [6.07, 6.45) is 3.13. The lowest BCUT2D eigenvalue weighted by molar-refractivity contribution is -0.117. The number of aromatic carboxylic acids is 1. The molecule has 4 nitrogen and oxygen atoms in total. The van der Waals surface area contributed by atoms with Gasteiger partial charge in [-0.2, -0.15) is 0 Å². The van der Waals surface area contributed by atoms with E-state index in [4.69, 9.17) is 4.99 Å². The number of rotatable bonds is 3. The van der Waals surface area contributed by atoms with Crippen molar-refractivity contribution >= 4 is 33.4 Å². The number of halogens is 1. The van der Waals surface area contributed by atoms with E-state index in [1.807, 2.05) is 36.4 Å². The number of Topliss-reactive ketones (excluding diaryl/α,β-unsaturated/α-hetero) is 1. The Balaban J connectivity index is 1.96. The lowest BCUT2D eigenvalue weighted by atomic mass is 9.73. The lowest BCUT2D eigenvalue weighted by Gasteiger charge is -2.29. The molecule has 0 amide bonds. The van der Waals surface area contributed by atoms with E-state index in [1.165, 1.54) is 0 Å². The first-order valence-electron chi connectivity index (χ1n) is 9.15. The van der Waals surface area contributed by atoms with Crippen LogP contribution in [-0.4, -0.2) is 22.6 Å². The van der Waals surface area contributed by atoms with E-state index in [0.717, 1.165) is 27.7 Å². The highest BCUT2D eigenvalue weighted by Crippen LogP contribution is 2.46. The highest BCUT2D eigenvalue weighted by atomic mass is 79.9. The fourth-order valence-electron chi connectivity index (χ4n) is 4.08. The molecule has 0 bridgehead atoms. The van der Waals surface area contributed by atoms with Crippen molar-refractivity contribution in [2.75, 3.05) is 0 Å². The average Bonchev–Trinajstić information content (AvgIpc) is 3.02. The van der Waals surface area contributed by atoms with Gasteiger partial charge in [0.25, 0.3) is 0 Å². The van der Waals surface area contributed by atoms with E-state index in [-0.39, 0.29) is 16.8 Å². The van der Waals surface area contributed by atoms with Crippen molar-refractivity contribution < 1.29 is 14.7 Å². The number of carboxylic acid groups (broad SMARTS) is 1. The molecule has 142 valence electrons. The third kappa shape index (κ3) is 3.14. The Morgan fingerprint density at radius 3 is 2.46 bits per heavy atom. The smallest absolute Gasteiger partial charge is 0.335 e. The summed E-state index contributed by atoms with van der Waals surface area (Å²) in [4.78, 5) is 29.4. The summed E-state index contributed by atoms with van der Waals surface area (Å²) in [6.45, 7) is 4.16. The van der Waals surface area contributed by atoms with Crippen molar-refractivity contribution in [3.63, 3.8) is 0 Å². The molecule has 2 aromatic carbocycles. The quantitative estimate of drug-likeness (QED) is 0.720. The summed E-state index contributed by atoms with van der Waals surface area (Å²) in [5.74, 6) is -0.885. The summed E-state index contributed by atoms with van der Waals surface area (Å²) < 4.78 is 0.943. The van der Waals surface area contributed by atoms with Crippen LogP contribution in [-0.2, 0) is 10.3 Å². The number of hydrogen-bond donors (Lipinski definition) is 1. The molecule has 1 fully saturated rings. The number of fused-ring (bicyclic) bond motifs is 1. The van der Waals surface area contributed by atoms with Crippen LogP contribution < -0.4 is 0 Å². The van der Waals surface area contributed by atoms with Gasteiger partial charge in [-0.3, -0.25) is 9.79 Å². The Morgan fingerprint density at radius 1 is 1.07 bits per heavy atom. The van der Waals surface area contributed by atoms with Crippen molar-refractivity contribution in [1.29, 1.82) is 0 Å². The number of benzene rings is 2. The van der Waals surface area contributed by atoms with Gasteiger partial charge in [0.15, 0.2) is 5.78 Å². The molecule has 2 aliphatic rings. The topological polar surface area (TPSA) is 66.7 Å². The minimum atomic E-state index is -0.985. The Morgan fingerprint density at radius 2 is 1.79 bits per heavy atom. The Kier molecular flexibility index (Phi) is 4.38. The normalized spacial score (nSPS) is 23.0. The predicted octanol–water partition coefficient (Wildman–Crippen LogP) is 5.16. The molecule has 1 atom stereocenters. The van der Waals surface area contributed by atoms with Gasteiger partial charge >= 0.3 is 5.97 Å². The third-order valence-electron chi connectivity index (χ3n) is 5.39. The average molecular weight is 438 g/mol. The zero-order chi connectivity index (χ0) is 20.1. The van der Waals surface area contributed by atoms with E-state index < -0.39 is 11.5 Å². The highest BCUT2D eigenvalue weighted by molar-refractivity contribution is 9.10. The maximum atomic E-state index is 12.8. The van der Waals surface area contributed by atoms with Gasteiger partial charge < -0.3 is 5.11 Å². The molecule has 0 aromatic heterocycles. The molecule has 0 spiro atoms. The molecule has 1 aliphatic heterocycles. The Bertz CT molecular complexity index is 1050. The Hall–Kier alpha value is -2.53. The van der Waals surface area contributed by atoms with Crippen molar-refractivity contribution in [3.8, 4) is 0 Å². The van der Waals surface area contributed by atoms with Crippen LogP contribution in [0.2, 0.25) is 0 Å². The monoisotopic (exact) mass is 437 g/mol. The molecule has 1 aliphatic carbocycles. The van der Waals surface area contributed by atoms with E-state index in [0.29, 0.717) is 12.0 Å². The minimum Gasteiger partial charge on any atom is -0.478 e. The van der Waals surface area contributed by atoms with E-state index in [1.54, 1.807) is 18.2 Å². The van der Waals surface area contributed by atoms with Crippen LogP contribution in [0.25, 0.3) is 0 Å². The Labute approximate surface area is 172 Å². The van der Waals surface area contributed by atoms with Crippen LogP contribution in [0.5, 0.6) is 0 Å². The summed E-state index contributed by atoms with van der Waals surface area (Å²) in [6, 6.07) is 14.6. The van der Waals surface area contributed by atoms with Gasteiger partial charge in [-0.25, -0.2) is 4.79 Å². The second-order valence-corrected chi connectivity index (χ2v) is 9.13. The lowest BCUT2D eigenvalue weighted by Crippen LogP contribution is -2.30. The molecule has 5 heteroatoms. The van der Waals surface area contributed by atoms with E-state index >= 15 is 0 Å². The number of carboxylic acids is 1. The predicted molar refractivity (Wildman–Crippen MR) is 112 cm³/mol. The molecule has 2 aromatic rings. The number of allylic oxidation sites excluding steroid dienone is 1. The number of carbonyl (C=O) groups is 2. The first-order chi connectivity index (χ1) is 13.2. The second-order valence-electron chi connectivity index (χ2n) is 8.22. The molecule has 1 unspecified atom stereocenters. The number of aliphatic imine (C=N–C) groups is 1. The number of carbonyl (C=O) groups excluding carboxylic acids is 1. The van der Waals surface area contributed by atoms with Crippen LogP contribution >= 0.6 is 15.9 Å². The standard InChI is InChI=1S/C23H20BrNO3/c1-22(2)12-19-18(20(26)13-22)11-23(25-19,15-6-8-17(24)9-7-15)16-5-3-4-14(10-16)21(27)28/h3-11H,12-13H2,1-2H3,(H,27,28). The highest BCUT2D eigenvalue weighted by Gasteiger charge is 2.44. The molecule has 1 N–H and O–H groups in total. The number of nitrogens with zero attached hydrogens (tertiary/aromatic N) is 1. The first kappa shape index (κ1) is 18.8. The molecule has 1 heterocycles. The number of ketones is 1. The van der Waals surface area contributed by atoms with E-state index in [2.05, 4.69) is 29.8 Å². The van der Waals surface area contributed by atoms with Crippen molar-refractivity contribution in [2.24, 2.45) is 10.4 Å². The van der Waals surface area contributed by atoms with Gasteiger partial charge in [0, 0.05) is 22.2 Å². The fourth-order valence-corrected chi connectivity index (χ4v) is 4.34. The van der Waals surface area contributed by atoms with Crippen LogP contribution in [0.3, 0.4) is 0 Å². The zero-order valence-corrected chi connectivity index (χ0v) is 17.3.